The lowest BCUT2D eigenvalue weighted by Crippen LogP contribution is -2.23. The largest absolute Gasteiger partial charge is 0.496 e. The molecular formula is C13H15NO2S. The molecule has 0 N–H and O–H groups in total. The zero-order chi connectivity index (χ0) is 12.4. The van der Waals surface area contributed by atoms with Crippen LogP contribution in [0.5, 0.6) is 5.75 Å². The normalized spacial score (nSPS) is 10.5. The maximum absolute atomic E-state index is 11.7. The van der Waals surface area contributed by atoms with E-state index >= 15 is 0 Å². The Morgan fingerprint density at radius 3 is 2.82 bits per heavy atom. The number of likely N-dealkylation sites (N-methyl/N-ethyl adjacent to an activating group) is 1. The summed E-state index contributed by atoms with van der Waals surface area (Å²) in [4.78, 5) is 13.4. The first-order valence-electron chi connectivity index (χ1n) is 5.36. The third-order valence-corrected chi connectivity index (χ3v) is 3.69. The molecule has 2 aromatic rings. The molecule has 17 heavy (non-hydrogen) atoms. The van der Waals surface area contributed by atoms with Gasteiger partial charge in [-0.3, -0.25) is 4.79 Å². The van der Waals surface area contributed by atoms with Gasteiger partial charge in [0.05, 0.1) is 13.5 Å². The van der Waals surface area contributed by atoms with Gasteiger partial charge in [0.1, 0.15) is 5.75 Å². The van der Waals surface area contributed by atoms with Crippen molar-refractivity contribution in [3.05, 3.63) is 29.1 Å². The zero-order valence-electron chi connectivity index (χ0n) is 10.2. The van der Waals surface area contributed by atoms with Gasteiger partial charge in [0.15, 0.2) is 0 Å². The number of thiophene rings is 1. The highest BCUT2D eigenvalue weighted by molar-refractivity contribution is 7.17. The molecule has 0 saturated heterocycles. The molecule has 1 heterocycles. The predicted molar refractivity (Wildman–Crippen MR) is 70.8 cm³/mol. The molecular weight excluding hydrogens is 234 g/mol. The number of hydrogen-bond donors (Lipinski definition) is 0. The SMILES string of the molecule is COc1cccc2scc(CC(=O)N(C)C)c12. The summed E-state index contributed by atoms with van der Waals surface area (Å²) in [6.45, 7) is 0. The first kappa shape index (κ1) is 11.9. The van der Waals surface area contributed by atoms with Crippen LogP contribution in [0.1, 0.15) is 5.56 Å². The second kappa shape index (κ2) is 4.75. The molecule has 0 unspecified atom stereocenters. The summed E-state index contributed by atoms with van der Waals surface area (Å²) < 4.78 is 6.51. The molecule has 0 aliphatic rings. The van der Waals surface area contributed by atoms with Crippen molar-refractivity contribution in [3.8, 4) is 5.75 Å². The molecule has 0 atom stereocenters. The summed E-state index contributed by atoms with van der Waals surface area (Å²) >= 11 is 1.65. The predicted octanol–water partition coefficient (Wildman–Crippen LogP) is 2.54. The van der Waals surface area contributed by atoms with Crippen LogP contribution in [0.2, 0.25) is 0 Å². The molecule has 0 bridgehead atoms. The van der Waals surface area contributed by atoms with E-state index in [2.05, 4.69) is 0 Å². The summed E-state index contributed by atoms with van der Waals surface area (Å²) in [6.07, 6.45) is 0.424. The van der Waals surface area contributed by atoms with E-state index in [-0.39, 0.29) is 5.91 Å². The standard InChI is InChI=1S/C13H15NO2S/c1-14(2)12(15)7-9-8-17-11-6-4-5-10(16-3)13(9)11/h4-6,8H,7H2,1-3H3. The smallest absolute Gasteiger partial charge is 0.226 e. The van der Waals surface area contributed by atoms with Crippen LogP contribution in [0, 0.1) is 0 Å². The highest BCUT2D eigenvalue weighted by Crippen LogP contribution is 2.33. The molecule has 1 amide bonds. The summed E-state index contributed by atoms with van der Waals surface area (Å²) in [7, 11) is 5.20. The van der Waals surface area contributed by atoms with Gasteiger partial charge in [-0.15, -0.1) is 11.3 Å². The maximum Gasteiger partial charge on any atom is 0.226 e. The Kier molecular flexibility index (Phi) is 3.33. The average molecular weight is 249 g/mol. The van der Waals surface area contributed by atoms with Gasteiger partial charge in [-0.05, 0) is 23.1 Å². The second-order valence-corrected chi connectivity index (χ2v) is 4.97. The van der Waals surface area contributed by atoms with Crippen LogP contribution in [-0.4, -0.2) is 32.0 Å². The van der Waals surface area contributed by atoms with Crippen molar-refractivity contribution in [1.29, 1.82) is 0 Å². The van der Waals surface area contributed by atoms with E-state index in [4.69, 9.17) is 4.74 Å². The molecule has 90 valence electrons. The van der Waals surface area contributed by atoms with Gasteiger partial charge < -0.3 is 9.64 Å². The van der Waals surface area contributed by atoms with E-state index in [1.54, 1.807) is 37.4 Å². The first-order chi connectivity index (χ1) is 8.13. The van der Waals surface area contributed by atoms with E-state index in [0.717, 1.165) is 21.4 Å². The fourth-order valence-corrected chi connectivity index (χ4v) is 2.72. The van der Waals surface area contributed by atoms with Crippen molar-refractivity contribution in [1.82, 2.24) is 4.90 Å². The Morgan fingerprint density at radius 2 is 2.18 bits per heavy atom. The molecule has 2 rings (SSSR count). The van der Waals surface area contributed by atoms with Gasteiger partial charge in [0.2, 0.25) is 5.91 Å². The van der Waals surface area contributed by atoms with E-state index in [9.17, 15) is 4.79 Å². The maximum atomic E-state index is 11.7. The monoisotopic (exact) mass is 249 g/mol. The van der Waals surface area contributed by atoms with Crippen molar-refractivity contribution < 1.29 is 9.53 Å². The third kappa shape index (κ3) is 2.26. The van der Waals surface area contributed by atoms with Gasteiger partial charge in [-0.1, -0.05) is 6.07 Å². The number of benzene rings is 1. The quantitative estimate of drug-likeness (QED) is 0.836. The highest BCUT2D eigenvalue weighted by atomic mass is 32.1. The van der Waals surface area contributed by atoms with E-state index in [1.807, 2.05) is 23.6 Å². The minimum Gasteiger partial charge on any atom is -0.496 e. The molecule has 0 aliphatic carbocycles. The number of fused-ring (bicyclic) bond motifs is 1. The topological polar surface area (TPSA) is 29.5 Å². The Balaban J connectivity index is 2.44. The first-order valence-corrected chi connectivity index (χ1v) is 6.24. The molecule has 0 aliphatic heterocycles. The number of ether oxygens (including phenoxy) is 1. The number of carbonyl (C=O) groups is 1. The van der Waals surface area contributed by atoms with Gasteiger partial charge in [0, 0.05) is 24.2 Å². The number of amides is 1. The van der Waals surface area contributed by atoms with Crippen LogP contribution in [0.3, 0.4) is 0 Å². The Labute approximate surface area is 105 Å². The van der Waals surface area contributed by atoms with Crippen LogP contribution < -0.4 is 4.74 Å². The van der Waals surface area contributed by atoms with Crippen LogP contribution in [-0.2, 0) is 11.2 Å². The van der Waals surface area contributed by atoms with Crippen molar-refractivity contribution in [2.75, 3.05) is 21.2 Å². The molecule has 1 aromatic heterocycles. The molecule has 0 radical (unpaired) electrons. The summed E-state index contributed by atoms with van der Waals surface area (Å²) in [6, 6.07) is 5.94. The van der Waals surface area contributed by atoms with Crippen LogP contribution in [0.25, 0.3) is 10.1 Å². The lowest BCUT2D eigenvalue weighted by Gasteiger charge is -2.10. The minimum absolute atomic E-state index is 0.107. The van der Waals surface area contributed by atoms with Gasteiger partial charge in [0.25, 0.3) is 0 Å². The lowest BCUT2D eigenvalue weighted by molar-refractivity contribution is -0.127. The number of rotatable bonds is 3. The molecule has 0 saturated carbocycles. The average Bonchev–Trinajstić information content (AvgIpc) is 2.72. The molecule has 1 aromatic carbocycles. The van der Waals surface area contributed by atoms with Crippen LogP contribution in [0.4, 0.5) is 0 Å². The highest BCUT2D eigenvalue weighted by Gasteiger charge is 2.13. The van der Waals surface area contributed by atoms with Crippen molar-refractivity contribution in [2.24, 2.45) is 0 Å². The molecule has 0 spiro atoms. The summed E-state index contributed by atoms with van der Waals surface area (Å²) in [5.74, 6) is 0.945. The molecule has 4 heteroatoms. The number of carbonyl (C=O) groups excluding carboxylic acids is 1. The fourth-order valence-electron chi connectivity index (χ4n) is 1.74. The van der Waals surface area contributed by atoms with Gasteiger partial charge in [-0.25, -0.2) is 0 Å². The Morgan fingerprint density at radius 1 is 1.41 bits per heavy atom. The Bertz CT molecular complexity index is 545. The van der Waals surface area contributed by atoms with Gasteiger partial charge >= 0.3 is 0 Å². The second-order valence-electron chi connectivity index (χ2n) is 4.06. The van der Waals surface area contributed by atoms with Gasteiger partial charge in [-0.2, -0.15) is 0 Å². The van der Waals surface area contributed by atoms with Crippen LogP contribution in [0.15, 0.2) is 23.6 Å². The molecule has 0 fully saturated rings. The fraction of sp³-hybridized carbons (Fsp3) is 0.308. The van der Waals surface area contributed by atoms with Crippen molar-refractivity contribution in [3.63, 3.8) is 0 Å². The number of nitrogens with zero attached hydrogens (tertiary/aromatic N) is 1. The minimum atomic E-state index is 0.107. The number of hydrogen-bond acceptors (Lipinski definition) is 3. The van der Waals surface area contributed by atoms with E-state index in [0.29, 0.717) is 6.42 Å². The summed E-state index contributed by atoms with van der Waals surface area (Å²) in [5, 5.41) is 3.10. The molecule has 3 nitrogen and oxygen atoms in total. The van der Waals surface area contributed by atoms with Crippen molar-refractivity contribution in [2.45, 2.75) is 6.42 Å². The van der Waals surface area contributed by atoms with Crippen LogP contribution >= 0.6 is 11.3 Å². The lowest BCUT2D eigenvalue weighted by atomic mass is 10.1. The van der Waals surface area contributed by atoms with E-state index in [1.165, 1.54) is 0 Å². The van der Waals surface area contributed by atoms with Crippen molar-refractivity contribution >= 4 is 27.3 Å². The Hall–Kier alpha value is -1.55. The van der Waals surface area contributed by atoms with E-state index < -0.39 is 0 Å². The summed E-state index contributed by atoms with van der Waals surface area (Å²) in [5.41, 5.74) is 1.04. The third-order valence-electron chi connectivity index (χ3n) is 2.70. The number of methoxy groups -OCH3 is 1. The zero-order valence-corrected chi connectivity index (χ0v) is 11.0.